The van der Waals surface area contributed by atoms with Crippen LogP contribution in [0.1, 0.15) is 41.6 Å². The van der Waals surface area contributed by atoms with Gasteiger partial charge in [0.1, 0.15) is 0 Å². The van der Waals surface area contributed by atoms with Crippen molar-refractivity contribution in [1.82, 2.24) is 4.90 Å². The first-order chi connectivity index (χ1) is 10.0. The molecule has 1 N–H and O–H groups in total. The van der Waals surface area contributed by atoms with E-state index in [1.54, 1.807) is 17.9 Å². The second-order valence-corrected chi connectivity index (χ2v) is 5.42. The van der Waals surface area contributed by atoms with E-state index in [2.05, 4.69) is 0 Å². The van der Waals surface area contributed by atoms with Crippen molar-refractivity contribution < 1.29 is 14.8 Å². The molecule has 6 nitrogen and oxygen atoms in total. The molecule has 1 aromatic rings. The van der Waals surface area contributed by atoms with E-state index in [0.29, 0.717) is 18.5 Å². The summed E-state index contributed by atoms with van der Waals surface area (Å²) < 4.78 is 0. The van der Waals surface area contributed by atoms with Gasteiger partial charge in [0.2, 0.25) is 0 Å². The third-order valence-corrected chi connectivity index (χ3v) is 4.00. The minimum absolute atomic E-state index is 0.0322. The normalized spacial score (nSPS) is 14.6. The number of hydrogen-bond acceptors (Lipinski definition) is 4. The van der Waals surface area contributed by atoms with Gasteiger partial charge < -0.3 is 10.0 Å². The Morgan fingerprint density at radius 1 is 1.48 bits per heavy atom. The molecule has 0 radical (unpaired) electrons. The molecule has 0 saturated heterocycles. The summed E-state index contributed by atoms with van der Waals surface area (Å²) >= 11 is 0. The molecule has 0 bridgehead atoms. The summed E-state index contributed by atoms with van der Waals surface area (Å²) in [6.07, 6.45) is 3.55. The van der Waals surface area contributed by atoms with Crippen molar-refractivity contribution in [2.45, 2.75) is 38.6 Å². The van der Waals surface area contributed by atoms with Crippen LogP contribution in [0, 0.1) is 17.0 Å². The molecule has 1 amide bonds. The third-order valence-electron chi connectivity index (χ3n) is 4.00. The van der Waals surface area contributed by atoms with Crippen molar-refractivity contribution >= 4 is 11.6 Å². The van der Waals surface area contributed by atoms with Crippen molar-refractivity contribution in [3.05, 3.63) is 39.4 Å². The highest BCUT2D eigenvalue weighted by Crippen LogP contribution is 2.28. The molecule has 1 saturated carbocycles. The molecule has 0 aliphatic heterocycles. The first kappa shape index (κ1) is 15.4. The van der Waals surface area contributed by atoms with Gasteiger partial charge in [0.05, 0.1) is 4.92 Å². The highest BCUT2D eigenvalue weighted by atomic mass is 16.6. The third kappa shape index (κ3) is 3.39. The molecule has 0 aromatic heterocycles. The maximum absolute atomic E-state index is 12.7. The van der Waals surface area contributed by atoms with Crippen LogP contribution in [-0.2, 0) is 0 Å². The molecule has 0 unspecified atom stereocenters. The number of rotatable bonds is 6. The molecular formula is C15H20N2O4. The minimum atomic E-state index is -0.488. The molecule has 0 atom stereocenters. The van der Waals surface area contributed by atoms with Crippen LogP contribution in [0.15, 0.2) is 18.2 Å². The van der Waals surface area contributed by atoms with E-state index in [1.807, 2.05) is 0 Å². The first-order valence-corrected chi connectivity index (χ1v) is 7.21. The van der Waals surface area contributed by atoms with Crippen molar-refractivity contribution in [1.29, 1.82) is 0 Å². The summed E-state index contributed by atoms with van der Waals surface area (Å²) in [5.74, 6) is -0.172. The lowest BCUT2D eigenvalue weighted by molar-refractivity contribution is -0.384. The van der Waals surface area contributed by atoms with Gasteiger partial charge in [-0.3, -0.25) is 14.9 Å². The Bertz CT molecular complexity index is 540. The van der Waals surface area contributed by atoms with Gasteiger partial charge in [-0.2, -0.15) is 0 Å². The number of benzene rings is 1. The quantitative estimate of drug-likeness (QED) is 0.644. The SMILES string of the molecule is Cc1ccc([N+](=O)[O-])cc1C(=O)N(CCCO)C1CCC1. The molecule has 1 fully saturated rings. The maximum Gasteiger partial charge on any atom is 0.270 e. The molecule has 1 aliphatic carbocycles. The summed E-state index contributed by atoms with van der Waals surface area (Å²) in [7, 11) is 0. The molecule has 2 rings (SSSR count). The predicted molar refractivity (Wildman–Crippen MR) is 78.2 cm³/mol. The van der Waals surface area contributed by atoms with Crippen LogP contribution in [0.25, 0.3) is 0 Å². The standard InChI is InChI=1S/C15H20N2O4/c1-11-6-7-13(17(20)21)10-14(11)15(19)16(8-3-9-18)12-4-2-5-12/h6-7,10,12,18H,2-5,8-9H2,1H3. The summed E-state index contributed by atoms with van der Waals surface area (Å²) in [6.45, 7) is 2.30. The van der Waals surface area contributed by atoms with Gasteiger partial charge in [0.15, 0.2) is 0 Å². The van der Waals surface area contributed by atoms with Gasteiger partial charge in [-0.05, 0) is 38.2 Å². The number of aryl methyl sites for hydroxylation is 1. The Morgan fingerprint density at radius 3 is 2.71 bits per heavy atom. The lowest BCUT2D eigenvalue weighted by Gasteiger charge is -2.37. The fraction of sp³-hybridized carbons (Fsp3) is 0.533. The fourth-order valence-electron chi connectivity index (χ4n) is 2.50. The van der Waals surface area contributed by atoms with Crippen LogP contribution in [0.5, 0.6) is 0 Å². The highest BCUT2D eigenvalue weighted by Gasteiger charge is 2.30. The van der Waals surface area contributed by atoms with E-state index >= 15 is 0 Å². The van der Waals surface area contributed by atoms with Crippen LogP contribution >= 0.6 is 0 Å². The van der Waals surface area contributed by atoms with E-state index in [4.69, 9.17) is 5.11 Å². The van der Waals surface area contributed by atoms with Crippen molar-refractivity contribution in [3.8, 4) is 0 Å². The van der Waals surface area contributed by atoms with Gasteiger partial charge in [0, 0.05) is 36.9 Å². The fourth-order valence-corrected chi connectivity index (χ4v) is 2.50. The zero-order valence-electron chi connectivity index (χ0n) is 12.1. The number of carbonyl (C=O) groups is 1. The topological polar surface area (TPSA) is 83.7 Å². The van der Waals surface area contributed by atoms with Crippen LogP contribution in [-0.4, -0.2) is 40.0 Å². The lowest BCUT2D eigenvalue weighted by Crippen LogP contribution is -2.45. The lowest BCUT2D eigenvalue weighted by atomic mass is 9.90. The Hall–Kier alpha value is -1.95. The van der Waals surface area contributed by atoms with E-state index in [1.165, 1.54) is 12.1 Å². The van der Waals surface area contributed by atoms with Crippen LogP contribution in [0.4, 0.5) is 5.69 Å². The molecule has 0 spiro atoms. The molecule has 1 aliphatic rings. The Kier molecular flexibility index (Phi) is 4.90. The number of non-ortho nitro benzene ring substituents is 1. The molecule has 6 heteroatoms. The van der Waals surface area contributed by atoms with E-state index in [0.717, 1.165) is 24.8 Å². The van der Waals surface area contributed by atoms with Gasteiger partial charge in [0.25, 0.3) is 11.6 Å². The number of carbonyl (C=O) groups excluding carboxylic acids is 1. The van der Waals surface area contributed by atoms with Crippen molar-refractivity contribution in [3.63, 3.8) is 0 Å². The number of aliphatic hydroxyl groups is 1. The monoisotopic (exact) mass is 292 g/mol. The van der Waals surface area contributed by atoms with Crippen LogP contribution in [0.2, 0.25) is 0 Å². The average Bonchev–Trinajstić information content (AvgIpc) is 2.40. The summed E-state index contributed by atoms with van der Waals surface area (Å²) in [4.78, 5) is 24.8. The smallest absolute Gasteiger partial charge is 0.270 e. The summed E-state index contributed by atoms with van der Waals surface area (Å²) in [6, 6.07) is 4.56. The predicted octanol–water partition coefficient (Wildman–Crippen LogP) is 2.28. The second-order valence-electron chi connectivity index (χ2n) is 5.42. The Balaban J connectivity index is 2.26. The number of nitrogens with zero attached hydrogens (tertiary/aromatic N) is 2. The number of hydrogen-bond donors (Lipinski definition) is 1. The molecule has 21 heavy (non-hydrogen) atoms. The zero-order valence-corrected chi connectivity index (χ0v) is 12.1. The molecule has 0 heterocycles. The largest absolute Gasteiger partial charge is 0.396 e. The van der Waals surface area contributed by atoms with Gasteiger partial charge in [-0.15, -0.1) is 0 Å². The van der Waals surface area contributed by atoms with Gasteiger partial charge >= 0.3 is 0 Å². The molecule has 1 aromatic carbocycles. The summed E-state index contributed by atoms with van der Waals surface area (Å²) in [5.41, 5.74) is 1.05. The number of nitro benzene ring substituents is 1. The van der Waals surface area contributed by atoms with Crippen molar-refractivity contribution in [2.75, 3.05) is 13.2 Å². The number of amides is 1. The van der Waals surface area contributed by atoms with E-state index in [-0.39, 0.29) is 24.2 Å². The zero-order chi connectivity index (χ0) is 15.4. The van der Waals surface area contributed by atoms with Gasteiger partial charge in [-0.1, -0.05) is 6.07 Å². The second kappa shape index (κ2) is 6.67. The first-order valence-electron chi connectivity index (χ1n) is 7.21. The van der Waals surface area contributed by atoms with E-state index in [9.17, 15) is 14.9 Å². The average molecular weight is 292 g/mol. The van der Waals surface area contributed by atoms with Crippen LogP contribution < -0.4 is 0 Å². The summed E-state index contributed by atoms with van der Waals surface area (Å²) in [5, 5.41) is 19.9. The minimum Gasteiger partial charge on any atom is -0.396 e. The maximum atomic E-state index is 12.7. The number of aliphatic hydroxyl groups excluding tert-OH is 1. The van der Waals surface area contributed by atoms with Crippen molar-refractivity contribution in [2.24, 2.45) is 0 Å². The molecule has 114 valence electrons. The Morgan fingerprint density at radius 2 is 2.19 bits per heavy atom. The van der Waals surface area contributed by atoms with E-state index < -0.39 is 4.92 Å². The highest BCUT2D eigenvalue weighted by molar-refractivity contribution is 5.96. The Labute approximate surface area is 123 Å². The van der Waals surface area contributed by atoms with Crippen LogP contribution in [0.3, 0.4) is 0 Å². The molecular weight excluding hydrogens is 272 g/mol. The number of nitro groups is 1. The van der Waals surface area contributed by atoms with Gasteiger partial charge in [-0.25, -0.2) is 0 Å².